The lowest BCUT2D eigenvalue weighted by molar-refractivity contribution is -0.0268. The molecule has 0 aliphatic carbocycles. The molecule has 4 N–H and O–H groups in total. The van der Waals surface area contributed by atoms with E-state index in [0.717, 1.165) is 0 Å². The second kappa shape index (κ2) is 13.5. The third kappa shape index (κ3) is 8.67. The number of hydrogen-bond donors (Lipinski definition) is 4. The van der Waals surface area contributed by atoms with E-state index in [-0.39, 0.29) is 25.1 Å². The highest BCUT2D eigenvalue weighted by atomic mass is 19.1. The van der Waals surface area contributed by atoms with Gasteiger partial charge in [0.25, 0.3) is 5.91 Å². The van der Waals surface area contributed by atoms with Crippen LogP contribution in [-0.4, -0.2) is 58.9 Å². The molecule has 9 nitrogen and oxygen atoms in total. The van der Waals surface area contributed by atoms with Gasteiger partial charge in [-0.05, 0) is 73.7 Å². The maximum absolute atomic E-state index is 13.4. The van der Waals surface area contributed by atoms with Gasteiger partial charge in [-0.25, -0.2) is 9.18 Å². The molecule has 0 spiro atoms. The van der Waals surface area contributed by atoms with Gasteiger partial charge in [-0.2, -0.15) is 0 Å². The molecule has 10 heteroatoms. The summed E-state index contributed by atoms with van der Waals surface area (Å²) in [4.78, 5) is 26.9. The van der Waals surface area contributed by atoms with E-state index in [1.54, 1.807) is 47.4 Å². The topological polar surface area (TPSA) is 120 Å². The standard InChI is InChI=1S/C31H36FN3O6/c1-21(2)20-31(39)11-14-35(15-12-31)30(38)34-24-17-27(19-28(18-24)41-26-9-5-23(32)6-10-26)40-25-7-3-22(4-8-25)29(37)33-13-16-36/h3-10,17-19,21,36,39H,11-16,20H2,1-2H3,(H,33,37)(H,34,38). The summed E-state index contributed by atoms with van der Waals surface area (Å²) >= 11 is 0. The summed E-state index contributed by atoms with van der Waals surface area (Å²) in [7, 11) is 0. The number of rotatable bonds is 10. The van der Waals surface area contributed by atoms with Gasteiger partial charge in [0, 0.05) is 49.1 Å². The number of aliphatic hydroxyl groups excluding tert-OH is 1. The van der Waals surface area contributed by atoms with Crippen molar-refractivity contribution in [1.82, 2.24) is 10.2 Å². The molecule has 0 atom stereocenters. The van der Waals surface area contributed by atoms with Crippen molar-refractivity contribution in [2.75, 3.05) is 31.6 Å². The molecule has 0 radical (unpaired) electrons. The zero-order valence-electron chi connectivity index (χ0n) is 23.2. The van der Waals surface area contributed by atoms with Crippen molar-refractivity contribution in [2.24, 2.45) is 5.92 Å². The number of anilines is 1. The zero-order chi connectivity index (χ0) is 29.4. The molecule has 1 aliphatic heterocycles. The molecule has 1 saturated heterocycles. The van der Waals surface area contributed by atoms with Crippen molar-refractivity contribution in [3.05, 3.63) is 78.1 Å². The number of halogens is 1. The van der Waals surface area contributed by atoms with Crippen LogP contribution in [-0.2, 0) is 0 Å². The number of likely N-dealkylation sites (tertiary alicyclic amines) is 1. The first-order valence-electron chi connectivity index (χ1n) is 13.7. The summed E-state index contributed by atoms with van der Waals surface area (Å²) in [6.45, 7) is 5.01. The molecule has 0 unspecified atom stereocenters. The molecule has 3 aromatic rings. The Bertz CT molecular complexity index is 1320. The molecule has 1 heterocycles. The zero-order valence-corrected chi connectivity index (χ0v) is 23.2. The average molecular weight is 566 g/mol. The lowest BCUT2D eigenvalue weighted by Crippen LogP contribution is -2.48. The van der Waals surface area contributed by atoms with Gasteiger partial charge in [0.1, 0.15) is 28.8 Å². The second-order valence-corrected chi connectivity index (χ2v) is 10.6. The first-order valence-corrected chi connectivity index (χ1v) is 13.7. The minimum absolute atomic E-state index is 0.153. The molecule has 3 aromatic carbocycles. The number of amides is 3. The monoisotopic (exact) mass is 565 g/mol. The summed E-state index contributed by atoms with van der Waals surface area (Å²) in [6.07, 6.45) is 1.71. The van der Waals surface area contributed by atoms with Gasteiger partial charge in [-0.15, -0.1) is 0 Å². The number of aliphatic hydroxyl groups is 2. The Morgan fingerprint density at radius 2 is 1.49 bits per heavy atom. The average Bonchev–Trinajstić information content (AvgIpc) is 2.93. The van der Waals surface area contributed by atoms with Gasteiger partial charge in [-0.3, -0.25) is 4.79 Å². The number of urea groups is 1. The highest BCUT2D eigenvalue weighted by Crippen LogP contribution is 2.34. The summed E-state index contributed by atoms with van der Waals surface area (Å²) in [6, 6.07) is 16.6. The van der Waals surface area contributed by atoms with Gasteiger partial charge in [-0.1, -0.05) is 13.8 Å². The van der Waals surface area contributed by atoms with Crippen LogP contribution >= 0.6 is 0 Å². The van der Waals surface area contributed by atoms with Gasteiger partial charge < -0.3 is 35.2 Å². The van der Waals surface area contributed by atoms with Crippen molar-refractivity contribution in [2.45, 2.75) is 38.7 Å². The number of piperidine rings is 1. The number of carbonyl (C=O) groups excluding carboxylic acids is 2. The maximum Gasteiger partial charge on any atom is 0.321 e. The minimum atomic E-state index is -0.760. The van der Waals surface area contributed by atoms with Gasteiger partial charge in [0.2, 0.25) is 0 Å². The quantitative estimate of drug-likeness (QED) is 0.256. The minimum Gasteiger partial charge on any atom is -0.457 e. The number of nitrogens with zero attached hydrogens (tertiary/aromatic N) is 1. The van der Waals surface area contributed by atoms with E-state index in [1.165, 1.54) is 24.3 Å². The molecule has 0 bridgehead atoms. The van der Waals surface area contributed by atoms with Crippen LogP contribution in [0, 0.1) is 11.7 Å². The third-order valence-corrected chi connectivity index (χ3v) is 6.70. The number of nitrogens with one attached hydrogen (secondary N) is 2. The van der Waals surface area contributed by atoms with Crippen molar-refractivity contribution in [3.8, 4) is 23.0 Å². The maximum atomic E-state index is 13.4. The molecule has 41 heavy (non-hydrogen) atoms. The summed E-state index contributed by atoms with van der Waals surface area (Å²) in [5.41, 5.74) is 0.0748. The summed E-state index contributed by atoms with van der Waals surface area (Å²) < 4.78 is 25.3. The van der Waals surface area contributed by atoms with E-state index < -0.39 is 11.4 Å². The Labute approximate surface area is 238 Å². The van der Waals surface area contributed by atoms with E-state index >= 15 is 0 Å². The SMILES string of the molecule is CC(C)CC1(O)CCN(C(=O)Nc2cc(Oc3ccc(F)cc3)cc(Oc3ccc(C(=O)NCCO)cc3)c2)CC1. The lowest BCUT2D eigenvalue weighted by atomic mass is 9.84. The van der Waals surface area contributed by atoms with E-state index in [1.807, 2.05) is 0 Å². The van der Waals surface area contributed by atoms with Crippen LogP contribution in [0.1, 0.15) is 43.5 Å². The molecule has 3 amide bonds. The molecule has 0 saturated carbocycles. The Kier molecular flexibility index (Phi) is 9.80. The molecule has 0 aromatic heterocycles. The van der Waals surface area contributed by atoms with Crippen LogP contribution in [0.3, 0.4) is 0 Å². The third-order valence-electron chi connectivity index (χ3n) is 6.70. The fourth-order valence-corrected chi connectivity index (χ4v) is 4.78. The largest absolute Gasteiger partial charge is 0.457 e. The fourth-order valence-electron chi connectivity index (χ4n) is 4.78. The van der Waals surface area contributed by atoms with Crippen LogP contribution in [0.5, 0.6) is 23.0 Å². The van der Waals surface area contributed by atoms with Gasteiger partial charge >= 0.3 is 6.03 Å². The van der Waals surface area contributed by atoms with Crippen LogP contribution in [0.2, 0.25) is 0 Å². The van der Waals surface area contributed by atoms with Crippen molar-refractivity contribution < 1.29 is 33.7 Å². The number of ether oxygens (including phenoxy) is 2. The van der Waals surface area contributed by atoms with Crippen LogP contribution < -0.4 is 20.1 Å². The van der Waals surface area contributed by atoms with E-state index in [4.69, 9.17) is 14.6 Å². The number of benzene rings is 3. The highest BCUT2D eigenvalue weighted by Gasteiger charge is 2.34. The molecule has 4 rings (SSSR count). The smallest absolute Gasteiger partial charge is 0.321 e. The second-order valence-electron chi connectivity index (χ2n) is 10.6. The molecule has 1 fully saturated rings. The Morgan fingerprint density at radius 3 is 2.02 bits per heavy atom. The van der Waals surface area contributed by atoms with E-state index in [9.17, 15) is 19.1 Å². The fraction of sp³-hybridized carbons (Fsp3) is 0.355. The molecule has 1 aliphatic rings. The number of hydrogen-bond acceptors (Lipinski definition) is 6. The molecule has 218 valence electrons. The summed E-state index contributed by atoms with van der Waals surface area (Å²) in [5.74, 6) is 1.22. The first kappa shape index (κ1) is 29.8. The highest BCUT2D eigenvalue weighted by molar-refractivity contribution is 5.94. The first-order chi connectivity index (χ1) is 19.6. The normalized spacial score (nSPS) is 14.4. The molecular weight excluding hydrogens is 529 g/mol. The van der Waals surface area contributed by atoms with E-state index in [0.29, 0.717) is 72.5 Å². The Morgan fingerprint density at radius 1 is 0.927 bits per heavy atom. The summed E-state index contributed by atoms with van der Waals surface area (Å²) in [5, 5.41) is 25.2. The number of carbonyl (C=O) groups is 2. The predicted molar refractivity (Wildman–Crippen MR) is 153 cm³/mol. The Balaban J connectivity index is 1.50. The van der Waals surface area contributed by atoms with Crippen molar-refractivity contribution in [3.63, 3.8) is 0 Å². The van der Waals surface area contributed by atoms with E-state index in [2.05, 4.69) is 24.5 Å². The predicted octanol–water partition coefficient (Wildman–Crippen LogP) is 5.54. The van der Waals surface area contributed by atoms with Crippen LogP contribution in [0.25, 0.3) is 0 Å². The van der Waals surface area contributed by atoms with Crippen molar-refractivity contribution in [1.29, 1.82) is 0 Å². The molecular formula is C31H36FN3O6. The van der Waals surface area contributed by atoms with Crippen LogP contribution in [0.15, 0.2) is 66.7 Å². The van der Waals surface area contributed by atoms with Crippen LogP contribution in [0.4, 0.5) is 14.9 Å². The Hall–Kier alpha value is -4.15. The lowest BCUT2D eigenvalue weighted by Gasteiger charge is -2.39. The van der Waals surface area contributed by atoms with Crippen molar-refractivity contribution >= 4 is 17.6 Å². The van der Waals surface area contributed by atoms with Gasteiger partial charge in [0.15, 0.2) is 0 Å². The van der Waals surface area contributed by atoms with Gasteiger partial charge in [0.05, 0.1) is 12.2 Å².